The van der Waals surface area contributed by atoms with E-state index in [9.17, 15) is 8.42 Å². The second-order valence-corrected chi connectivity index (χ2v) is 9.16. The van der Waals surface area contributed by atoms with E-state index in [0.717, 1.165) is 24.3 Å². The second kappa shape index (κ2) is 3.65. The second-order valence-electron chi connectivity index (χ2n) is 5.98. The number of aryl methyl sites for hydroxylation is 1. The Morgan fingerprint density at radius 2 is 1.89 bits per heavy atom. The number of benzene rings is 1. The van der Waals surface area contributed by atoms with Crippen LogP contribution in [0.3, 0.4) is 0 Å². The zero-order chi connectivity index (χ0) is 13.2. The van der Waals surface area contributed by atoms with Crippen molar-refractivity contribution < 1.29 is 8.42 Å². The molecule has 1 aromatic rings. The average Bonchev–Trinajstić information content (AvgIpc) is 2.12. The lowest BCUT2D eigenvalue weighted by atomic mass is 9.34. The molecule has 4 rings (SSSR count). The highest BCUT2D eigenvalue weighted by Gasteiger charge is 2.69. The molecule has 2 bridgehead atoms. The molecule has 98 valence electrons. The molecule has 0 heterocycles. The van der Waals surface area contributed by atoms with Gasteiger partial charge in [0.2, 0.25) is 9.05 Å². The SMILES string of the molecule is Cc1ccc(Cl)c(C23CC(CS(=O)(=O)Cl)(C2)C3)c1. The molecule has 0 atom stereocenters. The normalized spacial score (nSPS) is 33.7. The van der Waals surface area contributed by atoms with E-state index in [4.69, 9.17) is 22.3 Å². The van der Waals surface area contributed by atoms with Crippen LogP contribution >= 0.6 is 22.3 Å². The predicted octanol–water partition coefficient (Wildman–Crippen LogP) is 3.64. The summed E-state index contributed by atoms with van der Waals surface area (Å²) < 4.78 is 22.3. The van der Waals surface area contributed by atoms with Gasteiger partial charge in [-0.1, -0.05) is 29.3 Å². The standard InChI is InChI=1S/C13H14Cl2O2S/c1-9-2-3-11(14)10(4-9)13-5-12(6-13,7-13)8-18(15,16)17/h2-4H,5-8H2,1H3. The lowest BCUT2D eigenvalue weighted by Crippen LogP contribution is -2.66. The molecule has 0 unspecified atom stereocenters. The number of hydrogen-bond donors (Lipinski definition) is 0. The van der Waals surface area contributed by atoms with Crippen molar-refractivity contribution in [3.63, 3.8) is 0 Å². The van der Waals surface area contributed by atoms with Gasteiger partial charge in [0.25, 0.3) is 0 Å². The van der Waals surface area contributed by atoms with Gasteiger partial charge in [0.05, 0.1) is 5.75 Å². The monoisotopic (exact) mass is 304 g/mol. The van der Waals surface area contributed by atoms with E-state index in [2.05, 4.69) is 6.07 Å². The predicted molar refractivity (Wildman–Crippen MR) is 73.8 cm³/mol. The first-order chi connectivity index (χ1) is 8.24. The maximum absolute atomic E-state index is 11.2. The van der Waals surface area contributed by atoms with Gasteiger partial charge < -0.3 is 0 Å². The molecule has 0 aromatic heterocycles. The largest absolute Gasteiger partial charge is 0.233 e. The van der Waals surface area contributed by atoms with Crippen LogP contribution in [0.1, 0.15) is 30.4 Å². The van der Waals surface area contributed by atoms with Crippen LogP contribution in [-0.2, 0) is 14.5 Å². The summed E-state index contributed by atoms with van der Waals surface area (Å²) in [5, 5.41) is 0.794. The lowest BCUT2D eigenvalue weighted by Gasteiger charge is -2.71. The van der Waals surface area contributed by atoms with Gasteiger partial charge in [0.15, 0.2) is 0 Å². The lowest BCUT2D eigenvalue weighted by molar-refractivity contribution is -0.122. The van der Waals surface area contributed by atoms with Gasteiger partial charge in [0.1, 0.15) is 0 Å². The Bertz CT molecular complexity index is 602. The van der Waals surface area contributed by atoms with Crippen molar-refractivity contribution in [2.45, 2.75) is 31.6 Å². The van der Waals surface area contributed by atoms with Crippen molar-refractivity contribution in [1.29, 1.82) is 0 Å². The van der Waals surface area contributed by atoms with Gasteiger partial charge in [-0.2, -0.15) is 0 Å². The van der Waals surface area contributed by atoms with Crippen molar-refractivity contribution >= 4 is 31.3 Å². The first-order valence-electron chi connectivity index (χ1n) is 5.93. The Hall–Kier alpha value is -0.250. The molecular formula is C13H14Cl2O2S. The van der Waals surface area contributed by atoms with Gasteiger partial charge in [-0.05, 0) is 48.6 Å². The molecule has 0 amide bonds. The maximum Gasteiger partial charge on any atom is 0.233 e. The molecule has 3 fully saturated rings. The number of halogens is 2. The Morgan fingerprint density at radius 1 is 1.28 bits per heavy atom. The molecule has 0 N–H and O–H groups in total. The van der Waals surface area contributed by atoms with Crippen LogP contribution in [0, 0.1) is 12.3 Å². The molecule has 2 nitrogen and oxygen atoms in total. The molecule has 0 radical (unpaired) electrons. The summed E-state index contributed by atoms with van der Waals surface area (Å²) in [7, 11) is 1.96. The Morgan fingerprint density at radius 3 is 2.44 bits per heavy atom. The zero-order valence-corrected chi connectivity index (χ0v) is 12.4. The van der Waals surface area contributed by atoms with Crippen LogP contribution in [0.5, 0.6) is 0 Å². The maximum atomic E-state index is 11.2. The average molecular weight is 305 g/mol. The smallest absolute Gasteiger partial charge is 0.212 e. The first-order valence-corrected chi connectivity index (χ1v) is 8.78. The van der Waals surface area contributed by atoms with E-state index >= 15 is 0 Å². The van der Waals surface area contributed by atoms with Crippen molar-refractivity contribution in [2.24, 2.45) is 5.41 Å². The summed E-state index contributed by atoms with van der Waals surface area (Å²) in [6.45, 7) is 2.05. The molecule has 3 aliphatic rings. The molecule has 0 aliphatic heterocycles. The minimum Gasteiger partial charge on any atom is -0.212 e. The quantitative estimate of drug-likeness (QED) is 0.799. The Labute approximate surface area is 117 Å². The molecule has 1 aromatic carbocycles. The van der Waals surface area contributed by atoms with Crippen LogP contribution in [0.2, 0.25) is 5.02 Å². The minimum atomic E-state index is -3.39. The van der Waals surface area contributed by atoms with Crippen molar-refractivity contribution in [1.82, 2.24) is 0 Å². The van der Waals surface area contributed by atoms with E-state index in [1.165, 1.54) is 11.1 Å². The van der Waals surface area contributed by atoms with Crippen molar-refractivity contribution in [3.05, 3.63) is 34.3 Å². The fraction of sp³-hybridized carbons (Fsp3) is 0.538. The summed E-state index contributed by atoms with van der Waals surface area (Å²) >= 11 is 6.25. The molecule has 0 spiro atoms. The van der Waals surface area contributed by atoms with Crippen molar-refractivity contribution in [2.75, 3.05) is 5.75 Å². The van der Waals surface area contributed by atoms with Crippen LogP contribution in [0.25, 0.3) is 0 Å². The van der Waals surface area contributed by atoms with E-state index in [1.807, 2.05) is 19.1 Å². The Kier molecular flexibility index (Phi) is 2.59. The van der Waals surface area contributed by atoms with Crippen molar-refractivity contribution in [3.8, 4) is 0 Å². The summed E-state index contributed by atoms with van der Waals surface area (Å²) in [5.74, 6) is 0.104. The fourth-order valence-corrected chi connectivity index (χ4v) is 5.90. The first kappa shape index (κ1) is 12.8. The van der Waals surface area contributed by atoms with Gasteiger partial charge in [-0.15, -0.1) is 0 Å². The van der Waals surface area contributed by atoms with E-state index < -0.39 is 9.05 Å². The minimum absolute atomic E-state index is 0.0757. The third-order valence-corrected chi connectivity index (χ3v) is 5.93. The summed E-state index contributed by atoms with van der Waals surface area (Å²) in [4.78, 5) is 0. The molecule has 3 saturated carbocycles. The van der Waals surface area contributed by atoms with Gasteiger partial charge in [-0.25, -0.2) is 8.42 Å². The molecule has 0 saturated heterocycles. The van der Waals surface area contributed by atoms with E-state index in [1.54, 1.807) is 0 Å². The van der Waals surface area contributed by atoms with Gasteiger partial charge in [-0.3, -0.25) is 0 Å². The number of rotatable bonds is 3. The van der Waals surface area contributed by atoms with Crippen LogP contribution in [-0.4, -0.2) is 14.2 Å². The third-order valence-electron chi connectivity index (χ3n) is 4.31. The van der Waals surface area contributed by atoms with Crippen LogP contribution < -0.4 is 0 Å². The molecular weight excluding hydrogens is 291 g/mol. The Balaban J connectivity index is 1.82. The van der Waals surface area contributed by atoms with Crippen LogP contribution in [0.4, 0.5) is 0 Å². The van der Waals surface area contributed by atoms with E-state index in [0.29, 0.717) is 0 Å². The highest BCUT2D eigenvalue weighted by Crippen LogP contribution is 2.74. The van der Waals surface area contributed by atoms with Gasteiger partial charge in [0, 0.05) is 15.7 Å². The summed E-state index contributed by atoms with van der Waals surface area (Å²) in [6.07, 6.45) is 2.69. The highest BCUT2D eigenvalue weighted by atomic mass is 35.7. The molecule has 3 aliphatic carbocycles. The zero-order valence-electron chi connectivity index (χ0n) is 10.0. The summed E-state index contributed by atoms with van der Waals surface area (Å²) in [6, 6.07) is 6.05. The topological polar surface area (TPSA) is 34.1 Å². The molecule has 18 heavy (non-hydrogen) atoms. The number of hydrogen-bond acceptors (Lipinski definition) is 2. The highest BCUT2D eigenvalue weighted by molar-refractivity contribution is 8.13. The molecule has 5 heteroatoms. The summed E-state index contributed by atoms with van der Waals surface area (Å²) in [5.41, 5.74) is 2.41. The van der Waals surface area contributed by atoms with E-state index in [-0.39, 0.29) is 16.6 Å². The van der Waals surface area contributed by atoms with Gasteiger partial charge >= 0.3 is 0 Å². The van der Waals surface area contributed by atoms with Crippen LogP contribution in [0.15, 0.2) is 18.2 Å². The third kappa shape index (κ3) is 1.87. The fourth-order valence-electron chi connectivity index (χ4n) is 3.85.